The van der Waals surface area contributed by atoms with Crippen LogP contribution in [0.15, 0.2) is 0 Å². The van der Waals surface area contributed by atoms with Gasteiger partial charge in [-0.1, -0.05) is 13.8 Å². The molecule has 2 N–H and O–H groups in total. The Balaban J connectivity index is 2.63. The smallest absolute Gasteiger partial charge is 0.114 e. The maximum atomic E-state index is 9.75. The van der Waals surface area contributed by atoms with Crippen molar-refractivity contribution in [2.75, 3.05) is 0 Å². The highest BCUT2D eigenvalue weighted by molar-refractivity contribution is 4.93. The molecule has 3 nitrogen and oxygen atoms in total. The van der Waals surface area contributed by atoms with Gasteiger partial charge in [-0.25, -0.2) is 0 Å². The fourth-order valence-corrected chi connectivity index (χ4v) is 1.92. The van der Waals surface area contributed by atoms with E-state index < -0.39 is 0 Å². The normalized spacial score (nSPS) is 34.8. The van der Waals surface area contributed by atoms with Crippen molar-refractivity contribution in [2.45, 2.75) is 64.5 Å². The molecule has 0 bridgehead atoms. The van der Waals surface area contributed by atoms with Crippen LogP contribution in [0.1, 0.15) is 40.5 Å². The Kier molecular flexibility index (Phi) is 3.33. The highest BCUT2D eigenvalue weighted by Crippen LogP contribution is 2.25. The SMILES string of the molecule is CCC(O)C1NC(C)(C)OC1CC. The van der Waals surface area contributed by atoms with Crippen molar-refractivity contribution in [3.8, 4) is 0 Å². The fraction of sp³-hybridized carbons (Fsp3) is 1.00. The van der Waals surface area contributed by atoms with Gasteiger partial charge in [-0.3, -0.25) is 5.32 Å². The Morgan fingerprint density at radius 3 is 2.54 bits per heavy atom. The van der Waals surface area contributed by atoms with E-state index in [0.29, 0.717) is 0 Å². The molecular formula is C10H21NO2. The molecule has 1 fully saturated rings. The number of hydrogen-bond donors (Lipinski definition) is 2. The Hall–Kier alpha value is -0.120. The van der Waals surface area contributed by atoms with E-state index in [-0.39, 0.29) is 24.0 Å². The third-order valence-corrected chi connectivity index (χ3v) is 2.60. The molecule has 1 aliphatic heterocycles. The summed E-state index contributed by atoms with van der Waals surface area (Å²) in [7, 11) is 0. The number of ether oxygens (including phenoxy) is 1. The van der Waals surface area contributed by atoms with E-state index in [0.717, 1.165) is 12.8 Å². The van der Waals surface area contributed by atoms with Gasteiger partial charge < -0.3 is 9.84 Å². The molecule has 1 heterocycles. The van der Waals surface area contributed by atoms with E-state index in [1.165, 1.54) is 0 Å². The van der Waals surface area contributed by atoms with Gasteiger partial charge in [-0.05, 0) is 26.7 Å². The molecule has 3 atom stereocenters. The lowest BCUT2D eigenvalue weighted by Gasteiger charge is -2.21. The monoisotopic (exact) mass is 187 g/mol. The first kappa shape index (κ1) is 11.0. The maximum Gasteiger partial charge on any atom is 0.114 e. The average molecular weight is 187 g/mol. The van der Waals surface area contributed by atoms with Gasteiger partial charge in [0.25, 0.3) is 0 Å². The van der Waals surface area contributed by atoms with E-state index in [1.807, 2.05) is 20.8 Å². The molecule has 0 amide bonds. The van der Waals surface area contributed by atoms with Crippen LogP contribution in [0.4, 0.5) is 0 Å². The number of aliphatic hydroxyl groups excluding tert-OH is 1. The van der Waals surface area contributed by atoms with E-state index >= 15 is 0 Å². The molecule has 78 valence electrons. The summed E-state index contributed by atoms with van der Waals surface area (Å²) in [6.07, 6.45) is 1.56. The van der Waals surface area contributed by atoms with Crippen LogP contribution < -0.4 is 5.32 Å². The van der Waals surface area contributed by atoms with Crippen LogP contribution in [0.3, 0.4) is 0 Å². The van der Waals surface area contributed by atoms with Crippen LogP contribution in [0.2, 0.25) is 0 Å². The first-order valence-electron chi connectivity index (χ1n) is 5.13. The lowest BCUT2D eigenvalue weighted by molar-refractivity contribution is -0.0299. The Labute approximate surface area is 80.5 Å². The van der Waals surface area contributed by atoms with Gasteiger partial charge in [-0.15, -0.1) is 0 Å². The predicted molar refractivity (Wildman–Crippen MR) is 52.5 cm³/mol. The van der Waals surface area contributed by atoms with Crippen molar-refractivity contribution in [2.24, 2.45) is 0 Å². The molecule has 1 aliphatic rings. The van der Waals surface area contributed by atoms with E-state index in [1.54, 1.807) is 0 Å². The first-order valence-corrected chi connectivity index (χ1v) is 5.13. The topological polar surface area (TPSA) is 41.5 Å². The van der Waals surface area contributed by atoms with Crippen molar-refractivity contribution < 1.29 is 9.84 Å². The number of nitrogens with one attached hydrogen (secondary N) is 1. The quantitative estimate of drug-likeness (QED) is 0.699. The van der Waals surface area contributed by atoms with Gasteiger partial charge in [0.05, 0.1) is 18.2 Å². The molecule has 0 saturated carbocycles. The highest BCUT2D eigenvalue weighted by atomic mass is 16.5. The van der Waals surface area contributed by atoms with Crippen LogP contribution in [0, 0.1) is 0 Å². The minimum Gasteiger partial charge on any atom is -0.391 e. The summed E-state index contributed by atoms with van der Waals surface area (Å²) < 4.78 is 5.76. The third kappa shape index (κ3) is 2.42. The summed E-state index contributed by atoms with van der Waals surface area (Å²) in [4.78, 5) is 0. The minimum absolute atomic E-state index is 0.0880. The molecule has 0 spiro atoms. The Bertz CT molecular complexity index is 170. The molecular weight excluding hydrogens is 166 g/mol. The second kappa shape index (κ2) is 3.95. The van der Waals surface area contributed by atoms with Crippen LogP contribution in [0.25, 0.3) is 0 Å². The van der Waals surface area contributed by atoms with E-state index in [9.17, 15) is 5.11 Å². The molecule has 3 unspecified atom stereocenters. The molecule has 0 aromatic carbocycles. The van der Waals surface area contributed by atoms with Crippen molar-refractivity contribution >= 4 is 0 Å². The van der Waals surface area contributed by atoms with Gasteiger partial charge in [0, 0.05) is 0 Å². The van der Waals surface area contributed by atoms with Crippen LogP contribution in [-0.4, -0.2) is 29.1 Å². The number of rotatable bonds is 3. The van der Waals surface area contributed by atoms with Gasteiger partial charge in [-0.2, -0.15) is 0 Å². The summed E-state index contributed by atoms with van der Waals surface area (Å²) in [5, 5.41) is 13.1. The first-order chi connectivity index (χ1) is 6.00. The second-order valence-electron chi connectivity index (χ2n) is 4.22. The summed E-state index contributed by atoms with van der Waals surface area (Å²) in [5.74, 6) is 0. The molecule has 3 heteroatoms. The van der Waals surface area contributed by atoms with Crippen molar-refractivity contribution in [3.05, 3.63) is 0 Å². The van der Waals surface area contributed by atoms with Crippen LogP contribution >= 0.6 is 0 Å². The highest BCUT2D eigenvalue weighted by Gasteiger charge is 2.41. The largest absolute Gasteiger partial charge is 0.391 e. The van der Waals surface area contributed by atoms with Gasteiger partial charge in [0.15, 0.2) is 0 Å². The summed E-state index contributed by atoms with van der Waals surface area (Å²) in [6, 6.07) is 0.0880. The van der Waals surface area contributed by atoms with Crippen LogP contribution in [-0.2, 0) is 4.74 Å². The molecule has 0 aromatic rings. The molecule has 13 heavy (non-hydrogen) atoms. The van der Waals surface area contributed by atoms with Gasteiger partial charge >= 0.3 is 0 Å². The van der Waals surface area contributed by atoms with Gasteiger partial charge in [0.1, 0.15) is 5.72 Å². The standard InChI is InChI=1S/C10H21NO2/c1-5-7(12)9-8(6-2)13-10(3,4)11-9/h7-9,11-12H,5-6H2,1-4H3. The summed E-state index contributed by atoms with van der Waals surface area (Å²) >= 11 is 0. The van der Waals surface area contributed by atoms with Crippen molar-refractivity contribution in [1.29, 1.82) is 0 Å². The lowest BCUT2D eigenvalue weighted by atomic mass is 10.0. The zero-order valence-corrected chi connectivity index (χ0v) is 9.00. The molecule has 1 saturated heterocycles. The Morgan fingerprint density at radius 1 is 1.46 bits per heavy atom. The Morgan fingerprint density at radius 2 is 2.08 bits per heavy atom. The number of hydrogen-bond acceptors (Lipinski definition) is 3. The zero-order valence-electron chi connectivity index (χ0n) is 9.00. The zero-order chi connectivity index (χ0) is 10.1. The van der Waals surface area contributed by atoms with Crippen molar-refractivity contribution in [3.63, 3.8) is 0 Å². The average Bonchev–Trinajstić information content (AvgIpc) is 2.39. The second-order valence-corrected chi connectivity index (χ2v) is 4.22. The molecule has 0 aliphatic carbocycles. The van der Waals surface area contributed by atoms with E-state index in [2.05, 4.69) is 12.2 Å². The van der Waals surface area contributed by atoms with Crippen molar-refractivity contribution in [1.82, 2.24) is 5.32 Å². The summed E-state index contributed by atoms with van der Waals surface area (Å²) in [5.41, 5.74) is -0.290. The van der Waals surface area contributed by atoms with Crippen LogP contribution in [0.5, 0.6) is 0 Å². The minimum atomic E-state index is -0.299. The third-order valence-electron chi connectivity index (χ3n) is 2.60. The summed E-state index contributed by atoms with van der Waals surface area (Å²) in [6.45, 7) is 8.07. The predicted octanol–water partition coefficient (Wildman–Crippen LogP) is 1.26. The maximum absolute atomic E-state index is 9.75. The molecule has 1 rings (SSSR count). The lowest BCUT2D eigenvalue weighted by Crippen LogP contribution is -2.45. The van der Waals surface area contributed by atoms with E-state index in [4.69, 9.17) is 4.74 Å². The van der Waals surface area contributed by atoms with Gasteiger partial charge in [0.2, 0.25) is 0 Å². The molecule has 0 aromatic heterocycles. The molecule has 0 radical (unpaired) electrons. The fourth-order valence-electron chi connectivity index (χ4n) is 1.92. The number of aliphatic hydroxyl groups is 1.